The smallest absolute Gasteiger partial charge is 0.344 e. The summed E-state index contributed by atoms with van der Waals surface area (Å²) in [6.45, 7) is 0.977. The molecule has 0 fully saturated rings. The predicted octanol–water partition coefficient (Wildman–Crippen LogP) is 4.45. The summed E-state index contributed by atoms with van der Waals surface area (Å²) in [7, 11) is 0. The number of hydrogen-bond donors (Lipinski definition) is 1. The van der Waals surface area contributed by atoms with Crippen molar-refractivity contribution in [3.63, 3.8) is 0 Å². The Hall–Kier alpha value is -1.95. The van der Waals surface area contributed by atoms with Crippen LogP contribution in [-0.2, 0) is 14.3 Å². The quantitative estimate of drug-likeness (QED) is 0.677. The van der Waals surface area contributed by atoms with Crippen LogP contribution >= 0.6 is 34.8 Å². The highest BCUT2D eigenvalue weighted by Crippen LogP contribution is 2.26. The second kappa shape index (κ2) is 9.67. The van der Waals surface area contributed by atoms with Gasteiger partial charge in [-0.2, -0.15) is 0 Å². The highest BCUT2D eigenvalue weighted by Gasteiger charge is 2.15. The van der Waals surface area contributed by atoms with Gasteiger partial charge in [0.1, 0.15) is 5.75 Å². The van der Waals surface area contributed by atoms with E-state index in [0.717, 1.165) is 0 Å². The maximum absolute atomic E-state index is 11.9. The van der Waals surface area contributed by atoms with Crippen LogP contribution in [0.5, 0.6) is 5.75 Å². The Morgan fingerprint density at radius 2 is 1.77 bits per heavy atom. The van der Waals surface area contributed by atoms with E-state index >= 15 is 0 Å². The zero-order valence-electron chi connectivity index (χ0n) is 13.8. The first-order valence-corrected chi connectivity index (χ1v) is 8.77. The van der Waals surface area contributed by atoms with Crippen LogP contribution in [-0.4, -0.2) is 25.1 Å². The van der Waals surface area contributed by atoms with Gasteiger partial charge in [0, 0.05) is 10.0 Å². The fourth-order valence-corrected chi connectivity index (χ4v) is 2.86. The molecule has 0 bridgehead atoms. The van der Waals surface area contributed by atoms with E-state index in [4.69, 9.17) is 44.3 Å². The van der Waals surface area contributed by atoms with E-state index in [1.165, 1.54) is 0 Å². The van der Waals surface area contributed by atoms with E-state index in [1.54, 1.807) is 49.4 Å². The number of ether oxygens (including phenoxy) is 2. The highest BCUT2D eigenvalue weighted by atomic mass is 35.5. The molecule has 0 aliphatic rings. The molecule has 138 valence electrons. The van der Waals surface area contributed by atoms with E-state index in [1.807, 2.05) is 0 Å². The van der Waals surface area contributed by atoms with Gasteiger partial charge in [-0.05, 0) is 36.8 Å². The monoisotopic (exact) mass is 415 g/mol. The molecule has 0 aliphatic carbocycles. The third-order valence-electron chi connectivity index (χ3n) is 3.35. The maximum Gasteiger partial charge on any atom is 0.344 e. The second-order valence-electron chi connectivity index (χ2n) is 5.33. The zero-order valence-corrected chi connectivity index (χ0v) is 16.1. The Kier molecular flexibility index (Phi) is 7.57. The Bertz CT molecular complexity index is 798. The molecule has 0 spiro atoms. The Morgan fingerprint density at radius 1 is 1.04 bits per heavy atom. The number of benzene rings is 2. The van der Waals surface area contributed by atoms with Gasteiger partial charge in [-0.25, -0.2) is 4.79 Å². The normalized spacial score (nSPS) is 11.5. The van der Waals surface area contributed by atoms with Gasteiger partial charge >= 0.3 is 5.97 Å². The molecule has 5 nitrogen and oxygen atoms in total. The number of halogens is 3. The Balaban J connectivity index is 1.77. The maximum atomic E-state index is 11.9. The summed E-state index contributed by atoms with van der Waals surface area (Å²) in [6.07, 6.45) is 0. The van der Waals surface area contributed by atoms with E-state index in [9.17, 15) is 9.59 Å². The molecule has 1 atom stereocenters. The molecule has 0 saturated heterocycles. The fraction of sp³-hybridized carbons (Fsp3) is 0.222. The Morgan fingerprint density at radius 3 is 2.46 bits per heavy atom. The van der Waals surface area contributed by atoms with Gasteiger partial charge < -0.3 is 14.8 Å². The summed E-state index contributed by atoms with van der Waals surface area (Å²) in [5.74, 6) is -0.784. The van der Waals surface area contributed by atoms with Crippen molar-refractivity contribution in [2.45, 2.75) is 13.0 Å². The predicted molar refractivity (Wildman–Crippen MR) is 101 cm³/mol. The molecule has 0 aliphatic heterocycles. The van der Waals surface area contributed by atoms with Gasteiger partial charge in [-0.15, -0.1) is 0 Å². The molecule has 8 heteroatoms. The van der Waals surface area contributed by atoms with Gasteiger partial charge in [-0.3, -0.25) is 4.79 Å². The molecule has 0 heterocycles. The molecule has 2 rings (SSSR count). The van der Waals surface area contributed by atoms with Crippen molar-refractivity contribution in [2.24, 2.45) is 0 Å². The minimum Gasteiger partial charge on any atom is -0.480 e. The highest BCUT2D eigenvalue weighted by molar-refractivity contribution is 6.35. The van der Waals surface area contributed by atoms with Crippen molar-refractivity contribution in [3.8, 4) is 5.75 Å². The molecule has 0 aromatic heterocycles. The third-order valence-corrected chi connectivity index (χ3v) is 4.23. The zero-order chi connectivity index (χ0) is 19.1. The standard InChI is InChI=1S/C18H16Cl3NO4/c1-11(13-7-6-12(19)8-15(13)21)22-17(23)9-26-18(24)10-25-16-5-3-2-4-14(16)20/h2-8,11H,9-10H2,1H3,(H,22,23). The lowest BCUT2D eigenvalue weighted by molar-refractivity contribution is -0.150. The molecule has 26 heavy (non-hydrogen) atoms. The molecule has 1 N–H and O–H groups in total. The van der Waals surface area contributed by atoms with Gasteiger partial charge in [0.2, 0.25) is 0 Å². The molecule has 1 unspecified atom stereocenters. The third kappa shape index (κ3) is 6.09. The van der Waals surface area contributed by atoms with E-state index in [2.05, 4.69) is 5.32 Å². The summed E-state index contributed by atoms with van der Waals surface area (Å²) in [5.41, 5.74) is 0.706. The molecule has 2 aromatic carbocycles. The van der Waals surface area contributed by atoms with Crippen LogP contribution in [0.15, 0.2) is 42.5 Å². The van der Waals surface area contributed by atoms with Crippen molar-refractivity contribution >= 4 is 46.7 Å². The summed E-state index contributed by atoms with van der Waals surface area (Å²) in [4.78, 5) is 23.6. The first kappa shape index (κ1) is 20.4. The fourth-order valence-electron chi connectivity index (χ4n) is 2.10. The molecule has 2 aromatic rings. The number of carbonyl (C=O) groups excluding carboxylic acids is 2. The van der Waals surface area contributed by atoms with E-state index in [0.29, 0.717) is 26.4 Å². The largest absolute Gasteiger partial charge is 0.480 e. The number of carbonyl (C=O) groups is 2. The van der Waals surface area contributed by atoms with Crippen LogP contribution in [0.2, 0.25) is 15.1 Å². The molecular formula is C18H16Cl3NO4. The number of para-hydroxylation sites is 1. The number of rotatable bonds is 7. The number of hydrogen-bond acceptors (Lipinski definition) is 4. The summed E-state index contributed by atoms with van der Waals surface area (Å²) in [6, 6.07) is 11.3. The summed E-state index contributed by atoms with van der Waals surface area (Å²) >= 11 is 17.9. The van der Waals surface area contributed by atoms with Crippen molar-refractivity contribution in [2.75, 3.05) is 13.2 Å². The van der Waals surface area contributed by atoms with Crippen LogP contribution in [0.4, 0.5) is 0 Å². The van der Waals surface area contributed by atoms with Crippen LogP contribution in [0.25, 0.3) is 0 Å². The number of esters is 1. The van der Waals surface area contributed by atoms with Crippen molar-refractivity contribution < 1.29 is 19.1 Å². The van der Waals surface area contributed by atoms with Crippen LogP contribution in [0.1, 0.15) is 18.5 Å². The van der Waals surface area contributed by atoms with Crippen molar-refractivity contribution in [1.82, 2.24) is 5.32 Å². The average Bonchev–Trinajstić information content (AvgIpc) is 2.59. The minimum absolute atomic E-state index is 0.352. The van der Waals surface area contributed by atoms with Gasteiger partial charge in [0.25, 0.3) is 5.91 Å². The first-order valence-electron chi connectivity index (χ1n) is 7.64. The number of amides is 1. The lowest BCUT2D eigenvalue weighted by Gasteiger charge is -2.16. The molecule has 0 radical (unpaired) electrons. The first-order chi connectivity index (χ1) is 12.4. The van der Waals surface area contributed by atoms with Crippen molar-refractivity contribution in [3.05, 3.63) is 63.1 Å². The lowest BCUT2D eigenvalue weighted by atomic mass is 10.1. The lowest BCUT2D eigenvalue weighted by Crippen LogP contribution is -2.32. The minimum atomic E-state index is -0.683. The SMILES string of the molecule is CC(NC(=O)COC(=O)COc1ccccc1Cl)c1ccc(Cl)cc1Cl. The Labute approximate surface area is 166 Å². The van der Waals surface area contributed by atoms with Gasteiger partial charge in [0.15, 0.2) is 13.2 Å². The molecular weight excluding hydrogens is 401 g/mol. The average molecular weight is 417 g/mol. The molecule has 0 saturated carbocycles. The summed E-state index contributed by atoms with van der Waals surface area (Å²) in [5, 5.41) is 4.01. The summed E-state index contributed by atoms with van der Waals surface area (Å²) < 4.78 is 10.1. The van der Waals surface area contributed by atoms with Crippen LogP contribution in [0.3, 0.4) is 0 Å². The van der Waals surface area contributed by atoms with E-state index in [-0.39, 0.29) is 12.6 Å². The second-order valence-corrected chi connectivity index (χ2v) is 6.59. The van der Waals surface area contributed by atoms with Crippen LogP contribution < -0.4 is 10.1 Å². The van der Waals surface area contributed by atoms with Crippen molar-refractivity contribution in [1.29, 1.82) is 0 Å². The van der Waals surface area contributed by atoms with Gasteiger partial charge in [0.05, 0.1) is 11.1 Å². The topological polar surface area (TPSA) is 64.6 Å². The molecule has 1 amide bonds. The van der Waals surface area contributed by atoms with E-state index < -0.39 is 18.5 Å². The number of nitrogens with one attached hydrogen (secondary N) is 1. The van der Waals surface area contributed by atoms with Crippen LogP contribution in [0, 0.1) is 0 Å². The van der Waals surface area contributed by atoms with Gasteiger partial charge in [-0.1, -0.05) is 53.0 Å².